The first-order valence-electron chi connectivity index (χ1n) is 4.49. The lowest BCUT2D eigenvalue weighted by Gasteiger charge is -2.25. The Morgan fingerprint density at radius 3 is 2.80 bits per heavy atom. The van der Waals surface area contributed by atoms with Gasteiger partial charge in [-0.15, -0.1) is 0 Å². The summed E-state index contributed by atoms with van der Waals surface area (Å²) in [5, 5.41) is 0. The van der Waals surface area contributed by atoms with E-state index in [2.05, 4.69) is 6.92 Å². The molecule has 1 nitrogen and oxygen atoms in total. The second kappa shape index (κ2) is 2.54. The summed E-state index contributed by atoms with van der Waals surface area (Å²) in [5.74, 6) is 1.75. The third-order valence-electron chi connectivity index (χ3n) is 3.06. The highest BCUT2D eigenvalue weighted by Crippen LogP contribution is 2.37. The average Bonchev–Trinajstić information content (AvgIpc) is 2.34. The second-order valence-corrected chi connectivity index (χ2v) is 3.80. The molecule has 1 saturated heterocycles. The molecule has 0 amide bonds. The molecule has 58 valence electrons. The van der Waals surface area contributed by atoms with Crippen LogP contribution in [-0.4, -0.2) is 12.7 Å². The van der Waals surface area contributed by atoms with Crippen LogP contribution in [0.25, 0.3) is 0 Å². The number of hydrogen-bond donors (Lipinski definition) is 0. The van der Waals surface area contributed by atoms with Crippen molar-refractivity contribution in [1.29, 1.82) is 0 Å². The van der Waals surface area contributed by atoms with E-state index in [1.165, 1.54) is 25.7 Å². The summed E-state index contributed by atoms with van der Waals surface area (Å²) in [4.78, 5) is 0. The Kier molecular flexibility index (Phi) is 1.69. The van der Waals surface area contributed by atoms with Crippen LogP contribution in [0.3, 0.4) is 0 Å². The Morgan fingerprint density at radius 2 is 2.00 bits per heavy atom. The van der Waals surface area contributed by atoms with Gasteiger partial charge < -0.3 is 4.74 Å². The van der Waals surface area contributed by atoms with Crippen molar-refractivity contribution in [1.82, 2.24) is 0 Å². The monoisotopic (exact) mass is 140 g/mol. The standard InChI is InChI=1S/C9H16O/c1-7-6-10-9-5-3-2-4-8(7)9/h7-9H,2-6H2,1H3. The molecule has 0 spiro atoms. The zero-order valence-corrected chi connectivity index (χ0v) is 6.68. The van der Waals surface area contributed by atoms with Crippen LogP contribution in [0.5, 0.6) is 0 Å². The molecule has 0 aromatic rings. The molecule has 1 aliphatic carbocycles. The molecule has 1 heteroatoms. The summed E-state index contributed by atoms with van der Waals surface area (Å²) >= 11 is 0. The largest absolute Gasteiger partial charge is 0.378 e. The minimum absolute atomic E-state index is 0.642. The molecule has 3 unspecified atom stereocenters. The Hall–Kier alpha value is -0.0400. The van der Waals surface area contributed by atoms with Crippen LogP contribution in [0.2, 0.25) is 0 Å². The van der Waals surface area contributed by atoms with Gasteiger partial charge in [-0.05, 0) is 24.7 Å². The van der Waals surface area contributed by atoms with Gasteiger partial charge in [0.1, 0.15) is 0 Å². The Morgan fingerprint density at radius 1 is 1.20 bits per heavy atom. The molecule has 1 saturated carbocycles. The van der Waals surface area contributed by atoms with Gasteiger partial charge in [0, 0.05) is 6.61 Å². The van der Waals surface area contributed by atoms with Crippen molar-refractivity contribution in [2.45, 2.75) is 38.7 Å². The maximum atomic E-state index is 5.67. The highest BCUT2D eigenvalue weighted by Gasteiger charge is 2.35. The Labute approximate surface area is 62.8 Å². The predicted octanol–water partition coefficient (Wildman–Crippen LogP) is 2.21. The van der Waals surface area contributed by atoms with Gasteiger partial charge in [0.2, 0.25) is 0 Å². The topological polar surface area (TPSA) is 9.23 Å². The highest BCUT2D eigenvalue weighted by atomic mass is 16.5. The molecular weight excluding hydrogens is 124 g/mol. The first-order valence-corrected chi connectivity index (χ1v) is 4.49. The fraction of sp³-hybridized carbons (Fsp3) is 1.00. The smallest absolute Gasteiger partial charge is 0.0606 e. The normalized spacial score (nSPS) is 47.1. The summed E-state index contributed by atoms with van der Waals surface area (Å²) in [6.07, 6.45) is 6.23. The van der Waals surface area contributed by atoms with Gasteiger partial charge in [0.05, 0.1) is 6.10 Å². The van der Waals surface area contributed by atoms with Crippen LogP contribution in [0.1, 0.15) is 32.6 Å². The van der Waals surface area contributed by atoms with E-state index in [9.17, 15) is 0 Å². The van der Waals surface area contributed by atoms with E-state index in [1.807, 2.05) is 0 Å². The number of ether oxygens (including phenoxy) is 1. The zero-order chi connectivity index (χ0) is 6.97. The quantitative estimate of drug-likeness (QED) is 0.501. The van der Waals surface area contributed by atoms with Crippen LogP contribution in [0.15, 0.2) is 0 Å². The minimum atomic E-state index is 0.642. The molecule has 0 aromatic heterocycles. The molecule has 1 heterocycles. The molecule has 0 radical (unpaired) electrons. The van der Waals surface area contributed by atoms with Crippen molar-refractivity contribution >= 4 is 0 Å². The lowest BCUT2D eigenvalue weighted by molar-refractivity contribution is 0.0663. The Bertz CT molecular complexity index is 120. The first kappa shape index (κ1) is 6.66. The second-order valence-electron chi connectivity index (χ2n) is 3.80. The van der Waals surface area contributed by atoms with E-state index in [0.29, 0.717) is 6.10 Å². The minimum Gasteiger partial charge on any atom is -0.378 e. The van der Waals surface area contributed by atoms with E-state index < -0.39 is 0 Å². The number of hydrogen-bond acceptors (Lipinski definition) is 1. The number of fused-ring (bicyclic) bond motifs is 1. The lowest BCUT2D eigenvalue weighted by atomic mass is 9.81. The van der Waals surface area contributed by atoms with Crippen molar-refractivity contribution in [2.24, 2.45) is 11.8 Å². The average molecular weight is 140 g/mol. The van der Waals surface area contributed by atoms with Crippen molar-refractivity contribution in [3.05, 3.63) is 0 Å². The molecule has 0 N–H and O–H groups in total. The van der Waals surface area contributed by atoms with Gasteiger partial charge in [-0.1, -0.05) is 19.8 Å². The number of rotatable bonds is 0. The van der Waals surface area contributed by atoms with Crippen molar-refractivity contribution < 1.29 is 4.74 Å². The predicted molar refractivity (Wildman–Crippen MR) is 40.9 cm³/mol. The fourth-order valence-corrected chi connectivity index (χ4v) is 2.38. The molecule has 3 atom stereocenters. The zero-order valence-electron chi connectivity index (χ0n) is 6.68. The van der Waals surface area contributed by atoms with E-state index >= 15 is 0 Å². The maximum absolute atomic E-state index is 5.67. The van der Waals surface area contributed by atoms with E-state index in [4.69, 9.17) is 4.74 Å². The van der Waals surface area contributed by atoms with Crippen LogP contribution in [-0.2, 0) is 4.74 Å². The van der Waals surface area contributed by atoms with Crippen LogP contribution < -0.4 is 0 Å². The summed E-state index contributed by atoms with van der Waals surface area (Å²) in [7, 11) is 0. The maximum Gasteiger partial charge on any atom is 0.0606 e. The lowest BCUT2D eigenvalue weighted by Crippen LogP contribution is -2.22. The third-order valence-corrected chi connectivity index (χ3v) is 3.06. The highest BCUT2D eigenvalue weighted by molar-refractivity contribution is 4.84. The van der Waals surface area contributed by atoms with Gasteiger partial charge in [0.15, 0.2) is 0 Å². The summed E-state index contributed by atoms with van der Waals surface area (Å²) in [6.45, 7) is 3.35. The van der Waals surface area contributed by atoms with E-state index in [1.54, 1.807) is 0 Å². The summed E-state index contributed by atoms with van der Waals surface area (Å²) in [6, 6.07) is 0. The van der Waals surface area contributed by atoms with E-state index in [-0.39, 0.29) is 0 Å². The van der Waals surface area contributed by atoms with Crippen molar-refractivity contribution in [2.75, 3.05) is 6.61 Å². The molecule has 1 aliphatic heterocycles. The summed E-state index contributed by atoms with van der Waals surface area (Å²) < 4.78 is 5.67. The van der Waals surface area contributed by atoms with Gasteiger partial charge in [-0.3, -0.25) is 0 Å². The third kappa shape index (κ3) is 0.968. The molecule has 0 bridgehead atoms. The Balaban J connectivity index is 2.01. The van der Waals surface area contributed by atoms with Crippen LogP contribution >= 0.6 is 0 Å². The molecule has 10 heavy (non-hydrogen) atoms. The SMILES string of the molecule is CC1COC2CCCCC12. The molecule has 0 aromatic carbocycles. The molecular formula is C9H16O. The van der Waals surface area contributed by atoms with E-state index in [0.717, 1.165) is 18.4 Å². The molecule has 2 rings (SSSR count). The summed E-state index contributed by atoms with van der Waals surface area (Å²) in [5.41, 5.74) is 0. The van der Waals surface area contributed by atoms with Crippen molar-refractivity contribution in [3.8, 4) is 0 Å². The van der Waals surface area contributed by atoms with Crippen molar-refractivity contribution in [3.63, 3.8) is 0 Å². The fourth-order valence-electron chi connectivity index (χ4n) is 2.38. The van der Waals surface area contributed by atoms with Crippen LogP contribution in [0.4, 0.5) is 0 Å². The van der Waals surface area contributed by atoms with Gasteiger partial charge >= 0.3 is 0 Å². The van der Waals surface area contributed by atoms with Crippen LogP contribution in [0, 0.1) is 11.8 Å². The molecule has 2 aliphatic rings. The molecule has 2 fully saturated rings. The van der Waals surface area contributed by atoms with Gasteiger partial charge in [-0.2, -0.15) is 0 Å². The van der Waals surface area contributed by atoms with Gasteiger partial charge in [0.25, 0.3) is 0 Å². The first-order chi connectivity index (χ1) is 4.88. The van der Waals surface area contributed by atoms with Gasteiger partial charge in [-0.25, -0.2) is 0 Å².